The van der Waals surface area contributed by atoms with E-state index in [1.807, 2.05) is 24.3 Å². The number of benzene rings is 1. The molecule has 1 N–H and O–H groups in total. The SMILES string of the molecule is CCC1(CO)CCN(Cc2coc(-c3cccc(Cl)c3)n2)CC1. The van der Waals surface area contributed by atoms with Gasteiger partial charge in [-0.25, -0.2) is 4.98 Å². The van der Waals surface area contributed by atoms with Gasteiger partial charge in [-0.3, -0.25) is 4.90 Å². The molecular weight excluding hydrogens is 312 g/mol. The molecule has 1 saturated heterocycles. The highest BCUT2D eigenvalue weighted by Crippen LogP contribution is 2.34. The summed E-state index contributed by atoms with van der Waals surface area (Å²) in [5, 5.41) is 10.3. The predicted molar refractivity (Wildman–Crippen MR) is 91.3 cm³/mol. The molecule has 1 fully saturated rings. The molecule has 0 radical (unpaired) electrons. The van der Waals surface area contributed by atoms with Crippen molar-refractivity contribution >= 4 is 11.6 Å². The van der Waals surface area contributed by atoms with E-state index in [0.29, 0.717) is 17.5 Å². The summed E-state index contributed by atoms with van der Waals surface area (Å²) in [6.07, 6.45) is 4.85. The number of oxazole rings is 1. The predicted octanol–water partition coefficient (Wildman–Crippen LogP) is 3.98. The van der Waals surface area contributed by atoms with Crippen molar-refractivity contribution in [3.8, 4) is 11.5 Å². The van der Waals surface area contributed by atoms with Gasteiger partial charge in [0.2, 0.25) is 5.89 Å². The summed E-state index contributed by atoms with van der Waals surface area (Å²) in [6, 6.07) is 7.53. The fourth-order valence-corrected chi connectivity index (χ4v) is 3.36. The van der Waals surface area contributed by atoms with Crippen LogP contribution in [0.2, 0.25) is 5.02 Å². The molecule has 3 rings (SSSR count). The van der Waals surface area contributed by atoms with Crippen molar-refractivity contribution in [2.45, 2.75) is 32.7 Å². The van der Waals surface area contributed by atoms with E-state index in [4.69, 9.17) is 16.0 Å². The third-order valence-corrected chi connectivity index (χ3v) is 5.25. The summed E-state index contributed by atoms with van der Waals surface area (Å²) < 4.78 is 5.59. The topological polar surface area (TPSA) is 49.5 Å². The van der Waals surface area contributed by atoms with Gasteiger partial charge in [0.1, 0.15) is 6.26 Å². The van der Waals surface area contributed by atoms with E-state index < -0.39 is 0 Å². The van der Waals surface area contributed by atoms with Crippen LogP contribution in [-0.4, -0.2) is 34.7 Å². The number of rotatable bonds is 5. The monoisotopic (exact) mass is 334 g/mol. The van der Waals surface area contributed by atoms with E-state index in [2.05, 4.69) is 16.8 Å². The lowest BCUT2D eigenvalue weighted by molar-refractivity contribution is 0.0378. The first-order valence-electron chi connectivity index (χ1n) is 8.18. The zero-order valence-electron chi connectivity index (χ0n) is 13.5. The smallest absolute Gasteiger partial charge is 0.226 e. The molecule has 1 aliphatic rings. The highest BCUT2D eigenvalue weighted by molar-refractivity contribution is 6.30. The van der Waals surface area contributed by atoms with Crippen molar-refractivity contribution in [1.82, 2.24) is 9.88 Å². The molecule has 5 heteroatoms. The van der Waals surface area contributed by atoms with Crippen LogP contribution >= 0.6 is 11.6 Å². The molecule has 4 nitrogen and oxygen atoms in total. The molecule has 2 aromatic rings. The van der Waals surface area contributed by atoms with E-state index >= 15 is 0 Å². The number of halogens is 1. The van der Waals surface area contributed by atoms with Crippen molar-refractivity contribution in [2.24, 2.45) is 5.41 Å². The lowest BCUT2D eigenvalue weighted by Crippen LogP contribution is -2.41. The van der Waals surface area contributed by atoms with Crippen LogP contribution in [0.15, 0.2) is 34.9 Å². The molecule has 0 bridgehead atoms. The average molecular weight is 335 g/mol. The van der Waals surface area contributed by atoms with Gasteiger partial charge in [-0.1, -0.05) is 24.6 Å². The van der Waals surface area contributed by atoms with Gasteiger partial charge in [-0.15, -0.1) is 0 Å². The Hall–Kier alpha value is -1.36. The molecule has 124 valence electrons. The third kappa shape index (κ3) is 3.77. The molecule has 0 atom stereocenters. The van der Waals surface area contributed by atoms with Gasteiger partial charge in [0, 0.05) is 23.7 Å². The molecule has 0 spiro atoms. The first-order chi connectivity index (χ1) is 11.1. The van der Waals surface area contributed by atoms with E-state index in [9.17, 15) is 5.11 Å². The van der Waals surface area contributed by atoms with Crippen LogP contribution in [0.1, 0.15) is 31.9 Å². The van der Waals surface area contributed by atoms with E-state index in [1.165, 1.54) is 0 Å². The number of likely N-dealkylation sites (tertiary alicyclic amines) is 1. The van der Waals surface area contributed by atoms with Gasteiger partial charge in [-0.05, 0) is 56.0 Å². The molecule has 0 unspecified atom stereocenters. The number of piperidine rings is 1. The lowest BCUT2D eigenvalue weighted by atomic mass is 9.77. The summed E-state index contributed by atoms with van der Waals surface area (Å²) in [7, 11) is 0. The lowest BCUT2D eigenvalue weighted by Gasteiger charge is -2.39. The summed E-state index contributed by atoms with van der Waals surface area (Å²) in [4.78, 5) is 6.95. The summed E-state index contributed by atoms with van der Waals surface area (Å²) in [6.45, 7) is 5.23. The van der Waals surface area contributed by atoms with Crippen LogP contribution in [0.3, 0.4) is 0 Å². The van der Waals surface area contributed by atoms with Crippen molar-refractivity contribution in [3.05, 3.63) is 41.2 Å². The second-order valence-electron chi connectivity index (χ2n) is 6.44. The maximum atomic E-state index is 9.61. The normalized spacial score (nSPS) is 18.2. The van der Waals surface area contributed by atoms with Crippen LogP contribution in [0.25, 0.3) is 11.5 Å². The minimum absolute atomic E-state index is 0.117. The first-order valence-corrected chi connectivity index (χ1v) is 8.55. The fourth-order valence-electron chi connectivity index (χ4n) is 3.17. The molecule has 1 aromatic heterocycles. The summed E-state index contributed by atoms with van der Waals surface area (Å²) in [5.41, 5.74) is 1.95. The van der Waals surface area contributed by atoms with Gasteiger partial charge in [0.05, 0.1) is 5.69 Å². The first kappa shape index (κ1) is 16.5. The highest BCUT2D eigenvalue weighted by atomic mass is 35.5. The standard InChI is InChI=1S/C18H23ClN2O2/c1-2-18(13-22)6-8-21(9-7-18)11-16-12-23-17(20-16)14-4-3-5-15(19)10-14/h3-5,10,12,22H,2,6-9,11,13H2,1H3. The van der Waals surface area contributed by atoms with Crippen LogP contribution in [0.4, 0.5) is 0 Å². The van der Waals surface area contributed by atoms with E-state index in [1.54, 1.807) is 6.26 Å². The van der Waals surface area contributed by atoms with E-state index in [0.717, 1.165) is 50.2 Å². The Morgan fingerprint density at radius 2 is 2.13 bits per heavy atom. The van der Waals surface area contributed by atoms with Gasteiger partial charge < -0.3 is 9.52 Å². The average Bonchev–Trinajstić information content (AvgIpc) is 3.04. The molecule has 0 saturated carbocycles. The van der Waals surface area contributed by atoms with Gasteiger partial charge in [0.25, 0.3) is 0 Å². The Morgan fingerprint density at radius 1 is 1.35 bits per heavy atom. The number of aromatic nitrogens is 1. The Balaban J connectivity index is 1.62. The molecule has 0 aliphatic carbocycles. The highest BCUT2D eigenvalue weighted by Gasteiger charge is 2.32. The zero-order valence-corrected chi connectivity index (χ0v) is 14.2. The zero-order chi connectivity index (χ0) is 16.3. The Bertz CT molecular complexity index is 642. The minimum Gasteiger partial charge on any atom is -0.444 e. The molecule has 23 heavy (non-hydrogen) atoms. The van der Waals surface area contributed by atoms with Crippen LogP contribution in [-0.2, 0) is 6.54 Å². The van der Waals surface area contributed by atoms with Crippen LogP contribution in [0.5, 0.6) is 0 Å². The van der Waals surface area contributed by atoms with Crippen molar-refractivity contribution in [3.63, 3.8) is 0 Å². The quantitative estimate of drug-likeness (QED) is 0.898. The number of hydrogen-bond donors (Lipinski definition) is 1. The van der Waals surface area contributed by atoms with Gasteiger partial charge in [0.15, 0.2) is 0 Å². The van der Waals surface area contributed by atoms with Gasteiger partial charge in [-0.2, -0.15) is 0 Å². The number of nitrogens with zero attached hydrogens (tertiary/aromatic N) is 2. The van der Waals surface area contributed by atoms with E-state index in [-0.39, 0.29) is 5.41 Å². The summed E-state index contributed by atoms with van der Waals surface area (Å²) >= 11 is 6.01. The van der Waals surface area contributed by atoms with Gasteiger partial charge >= 0.3 is 0 Å². The largest absolute Gasteiger partial charge is 0.444 e. The van der Waals surface area contributed by atoms with Crippen LogP contribution < -0.4 is 0 Å². The fraction of sp³-hybridized carbons (Fsp3) is 0.500. The molecule has 1 aliphatic heterocycles. The maximum Gasteiger partial charge on any atom is 0.226 e. The minimum atomic E-state index is 0.117. The third-order valence-electron chi connectivity index (χ3n) is 5.01. The second kappa shape index (κ2) is 7.04. The number of hydrogen-bond acceptors (Lipinski definition) is 4. The Morgan fingerprint density at radius 3 is 2.78 bits per heavy atom. The summed E-state index contributed by atoms with van der Waals surface area (Å²) in [5.74, 6) is 0.609. The van der Waals surface area contributed by atoms with Crippen molar-refractivity contribution in [1.29, 1.82) is 0 Å². The number of aliphatic hydroxyl groups excluding tert-OH is 1. The van der Waals surface area contributed by atoms with Crippen molar-refractivity contribution in [2.75, 3.05) is 19.7 Å². The molecule has 0 amide bonds. The van der Waals surface area contributed by atoms with Crippen molar-refractivity contribution < 1.29 is 9.52 Å². The molecule has 1 aromatic carbocycles. The Kier molecular flexibility index (Phi) is 5.05. The number of aliphatic hydroxyl groups is 1. The maximum absolute atomic E-state index is 9.61. The molecular formula is C18H23ClN2O2. The Labute approximate surface area is 142 Å². The molecule has 2 heterocycles. The van der Waals surface area contributed by atoms with Crippen LogP contribution in [0, 0.1) is 5.41 Å². The second-order valence-corrected chi connectivity index (χ2v) is 6.88.